The van der Waals surface area contributed by atoms with Crippen molar-refractivity contribution in [3.8, 4) is 0 Å². The minimum atomic E-state index is -4.56. The number of hydrogen-bond acceptors (Lipinski definition) is 5. The fourth-order valence-corrected chi connectivity index (χ4v) is 4.31. The molecule has 0 radical (unpaired) electrons. The zero-order chi connectivity index (χ0) is 22.6. The normalized spacial score (nSPS) is 28.1. The van der Waals surface area contributed by atoms with Crippen LogP contribution < -0.4 is 10.6 Å². The lowest BCUT2D eigenvalue weighted by atomic mass is 9.69. The van der Waals surface area contributed by atoms with Crippen molar-refractivity contribution in [3.63, 3.8) is 0 Å². The third-order valence-corrected chi connectivity index (χ3v) is 6.23. The van der Waals surface area contributed by atoms with Crippen molar-refractivity contribution in [2.45, 2.75) is 50.0 Å². The number of halogens is 3. The van der Waals surface area contributed by atoms with Crippen molar-refractivity contribution >= 4 is 29.3 Å². The van der Waals surface area contributed by atoms with Gasteiger partial charge in [-0.3, -0.25) is 24.5 Å². The molecule has 1 aromatic carbocycles. The maximum atomic E-state index is 13.1. The molecule has 2 aliphatic heterocycles. The van der Waals surface area contributed by atoms with Crippen LogP contribution in [0.3, 0.4) is 0 Å². The topological polar surface area (TPSA) is 105 Å². The second-order valence-corrected chi connectivity index (χ2v) is 8.06. The van der Waals surface area contributed by atoms with Crippen LogP contribution >= 0.6 is 0 Å². The van der Waals surface area contributed by atoms with Crippen molar-refractivity contribution in [1.82, 2.24) is 10.2 Å². The number of ether oxygens (including phenoxy) is 1. The first-order chi connectivity index (χ1) is 14.5. The lowest BCUT2D eigenvalue weighted by molar-refractivity contribution is -0.305. The summed E-state index contributed by atoms with van der Waals surface area (Å²) >= 11 is 0. The molecule has 166 valence electrons. The summed E-state index contributed by atoms with van der Waals surface area (Å²) in [5.74, 6) is -2.74. The highest BCUT2D eigenvalue weighted by Crippen LogP contribution is 2.51. The van der Waals surface area contributed by atoms with Crippen molar-refractivity contribution in [3.05, 3.63) is 29.3 Å². The monoisotopic (exact) mass is 439 g/mol. The Labute approximate surface area is 175 Å². The molecule has 2 heterocycles. The van der Waals surface area contributed by atoms with Gasteiger partial charge in [0.2, 0.25) is 17.7 Å². The molecule has 3 aliphatic rings. The van der Waals surface area contributed by atoms with Crippen LogP contribution in [0, 0.1) is 5.92 Å². The third kappa shape index (κ3) is 3.56. The minimum absolute atomic E-state index is 0.139. The smallest absolute Gasteiger partial charge is 0.369 e. The van der Waals surface area contributed by atoms with Gasteiger partial charge in [0.15, 0.2) is 5.60 Å². The Morgan fingerprint density at radius 1 is 1.26 bits per heavy atom. The number of carbonyl (C=O) groups is 4. The highest BCUT2D eigenvalue weighted by molar-refractivity contribution is 6.06. The molecule has 0 bridgehead atoms. The quantitative estimate of drug-likeness (QED) is 0.696. The van der Waals surface area contributed by atoms with E-state index in [0.29, 0.717) is 11.1 Å². The van der Waals surface area contributed by atoms with Crippen LogP contribution in [0.1, 0.15) is 41.6 Å². The number of benzene rings is 1. The number of fused-ring (bicyclic) bond motifs is 1. The molecule has 1 atom stereocenters. The van der Waals surface area contributed by atoms with Crippen LogP contribution in [0.15, 0.2) is 18.2 Å². The van der Waals surface area contributed by atoms with Crippen molar-refractivity contribution in [2.24, 2.45) is 5.92 Å². The average molecular weight is 439 g/mol. The third-order valence-electron chi connectivity index (χ3n) is 6.23. The molecule has 1 aromatic rings. The molecule has 1 saturated carbocycles. The van der Waals surface area contributed by atoms with Crippen LogP contribution in [0.2, 0.25) is 0 Å². The molecule has 4 rings (SSSR count). The number of piperidine rings is 1. The summed E-state index contributed by atoms with van der Waals surface area (Å²) in [7, 11) is 0.974. The molecule has 31 heavy (non-hydrogen) atoms. The summed E-state index contributed by atoms with van der Waals surface area (Å²) in [6, 6.07) is 3.89. The number of imide groups is 1. The Morgan fingerprint density at radius 2 is 1.97 bits per heavy atom. The van der Waals surface area contributed by atoms with Gasteiger partial charge in [-0.25, -0.2) is 0 Å². The zero-order valence-corrected chi connectivity index (χ0v) is 16.5. The molecule has 11 heteroatoms. The van der Waals surface area contributed by atoms with Crippen molar-refractivity contribution < 1.29 is 37.1 Å². The Kier molecular flexibility index (Phi) is 5.03. The van der Waals surface area contributed by atoms with Gasteiger partial charge in [-0.1, -0.05) is 6.07 Å². The first-order valence-electron chi connectivity index (χ1n) is 9.75. The fraction of sp³-hybridized carbons (Fsp3) is 0.500. The highest BCUT2D eigenvalue weighted by atomic mass is 19.4. The summed E-state index contributed by atoms with van der Waals surface area (Å²) in [4.78, 5) is 50.0. The van der Waals surface area contributed by atoms with Crippen LogP contribution in [-0.4, -0.2) is 53.5 Å². The molecule has 1 aliphatic carbocycles. The molecule has 1 saturated heterocycles. The summed E-state index contributed by atoms with van der Waals surface area (Å²) < 4.78 is 43.9. The van der Waals surface area contributed by atoms with Gasteiger partial charge in [0.25, 0.3) is 5.91 Å². The van der Waals surface area contributed by atoms with Gasteiger partial charge in [0.1, 0.15) is 6.04 Å². The molecule has 0 aromatic heterocycles. The minimum Gasteiger partial charge on any atom is -0.369 e. The molecule has 0 spiro atoms. The number of amides is 4. The second-order valence-electron chi connectivity index (χ2n) is 8.06. The number of carbonyl (C=O) groups excluding carboxylic acids is 4. The number of hydrogen-bond donors (Lipinski definition) is 2. The molecular weight excluding hydrogens is 419 g/mol. The number of nitrogens with zero attached hydrogens (tertiary/aromatic N) is 1. The van der Waals surface area contributed by atoms with E-state index < -0.39 is 54.3 Å². The molecule has 1 unspecified atom stereocenters. The standard InChI is InChI=1S/C20H20F3N3O5/c1-31-19(20(21,22)23)7-11(8-19)16(28)24-12-3-2-10-9-26(18(30)13(10)6-12)14-4-5-15(27)25-17(14)29/h2-3,6,11,14H,4-5,7-9H2,1H3,(H,24,28)(H,25,27,29). The average Bonchev–Trinajstić information content (AvgIpc) is 2.96. The van der Waals surface area contributed by atoms with E-state index in [1.54, 1.807) is 12.1 Å². The van der Waals surface area contributed by atoms with E-state index in [2.05, 4.69) is 15.4 Å². The van der Waals surface area contributed by atoms with E-state index in [1.807, 2.05) is 0 Å². The summed E-state index contributed by atoms with van der Waals surface area (Å²) in [5.41, 5.74) is -1.06. The van der Waals surface area contributed by atoms with Crippen LogP contribution in [0.4, 0.5) is 18.9 Å². The SMILES string of the molecule is COC1(C(F)(F)F)CC(C(=O)Nc2ccc3c(c2)C(=O)N(C2CCC(=O)NC2=O)C3)C1. The van der Waals surface area contributed by atoms with Gasteiger partial charge in [-0.05, 0) is 37.0 Å². The summed E-state index contributed by atoms with van der Waals surface area (Å²) in [5, 5.41) is 4.78. The number of rotatable bonds is 4. The van der Waals surface area contributed by atoms with Crippen molar-refractivity contribution in [1.29, 1.82) is 0 Å². The first-order valence-corrected chi connectivity index (χ1v) is 9.75. The van der Waals surface area contributed by atoms with Gasteiger partial charge in [-0.15, -0.1) is 0 Å². The number of anilines is 1. The number of methoxy groups -OCH3 is 1. The van der Waals surface area contributed by atoms with E-state index in [9.17, 15) is 32.3 Å². The fourth-order valence-electron chi connectivity index (χ4n) is 4.31. The lowest BCUT2D eigenvalue weighted by Gasteiger charge is -2.46. The predicted octanol–water partition coefficient (Wildman–Crippen LogP) is 1.74. The van der Waals surface area contributed by atoms with E-state index >= 15 is 0 Å². The van der Waals surface area contributed by atoms with E-state index in [1.165, 1.54) is 11.0 Å². The largest absolute Gasteiger partial charge is 0.417 e. The van der Waals surface area contributed by atoms with Crippen LogP contribution in [0.5, 0.6) is 0 Å². The predicted molar refractivity (Wildman–Crippen MR) is 99.6 cm³/mol. The molecule has 8 nitrogen and oxygen atoms in total. The highest BCUT2D eigenvalue weighted by Gasteiger charge is 2.64. The first kappa shape index (κ1) is 21.3. The van der Waals surface area contributed by atoms with Crippen molar-refractivity contribution in [2.75, 3.05) is 12.4 Å². The molecule has 2 N–H and O–H groups in total. The Bertz CT molecular complexity index is 971. The van der Waals surface area contributed by atoms with E-state index in [0.717, 1.165) is 7.11 Å². The number of alkyl halides is 3. The Balaban J connectivity index is 1.42. The van der Waals surface area contributed by atoms with Gasteiger partial charge in [-0.2, -0.15) is 13.2 Å². The maximum absolute atomic E-state index is 13.1. The van der Waals surface area contributed by atoms with Gasteiger partial charge in [0, 0.05) is 37.2 Å². The van der Waals surface area contributed by atoms with Gasteiger partial charge >= 0.3 is 6.18 Å². The second kappa shape index (κ2) is 7.33. The van der Waals surface area contributed by atoms with Gasteiger partial charge < -0.3 is 15.0 Å². The Morgan fingerprint density at radius 3 is 2.58 bits per heavy atom. The molecule has 4 amide bonds. The summed E-state index contributed by atoms with van der Waals surface area (Å²) in [6.07, 6.45) is -5.12. The maximum Gasteiger partial charge on any atom is 0.417 e. The summed E-state index contributed by atoms with van der Waals surface area (Å²) in [6.45, 7) is 0.194. The lowest BCUT2D eigenvalue weighted by Crippen LogP contribution is -2.59. The van der Waals surface area contributed by atoms with Gasteiger partial charge in [0.05, 0.1) is 0 Å². The molecule has 2 fully saturated rings. The Hall–Kier alpha value is -2.95. The number of nitrogens with one attached hydrogen (secondary N) is 2. The van der Waals surface area contributed by atoms with Crippen LogP contribution in [0.25, 0.3) is 0 Å². The van der Waals surface area contributed by atoms with Crippen LogP contribution in [-0.2, 0) is 25.7 Å². The van der Waals surface area contributed by atoms with E-state index in [-0.39, 0.29) is 31.0 Å². The zero-order valence-electron chi connectivity index (χ0n) is 16.5. The molecular formula is C20H20F3N3O5. The van der Waals surface area contributed by atoms with E-state index in [4.69, 9.17) is 0 Å².